The summed E-state index contributed by atoms with van der Waals surface area (Å²) in [7, 11) is 1.95. The molecule has 1 aliphatic heterocycles. The average molecular weight is 406 g/mol. The zero-order valence-electron chi connectivity index (χ0n) is 17.1. The number of imidazole rings is 1. The highest BCUT2D eigenvalue weighted by Crippen LogP contribution is 2.29. The highest BCUT2D eigenvalue weighted by Gasteiger charge is 2.33. The van der Waals surface area contributed by atoms with Gasteiger partial charge in [0.15, 0.2) is 5.65 Å². The van der Waals surface area contributed by atoms with E-state index in [0.29, 0.717) is 22.8 Å². The van der Waals surface area contributed by atoms with Gasteiger partial charge >= 0.3 is 0 Å². The second-order valence-corrected chi connectivity index (χ2v) is 8.34. The van der Waals surface area contributed by atoms with Crippen LogP contribution >= 0.6 is 0 Å². The average Bonchev–Trinajstić information content (AvgIpc) is 3.53. The lowest BCUT2D eigenvalue weighted by Gasteiger charge is -2.27. The number of pyridine rings is 1. The first-order valence-electron chi connectivity index (χ1n) is 10.7. The van der Waals surface area contributed by atoms with Crippen molar-refractivity contribution in [3.63, 3.8) is 0 Å². The third-order valence-corrected chi connectivity index (χ3v) is 6.53. The molecule has 1 saturated carbocycles. The minimum atomic E-state index is -0.167. The van der Waals surface area contributed by atoms with Crippen LogP contribution < -0.4 is 10.5 Å². The Bertz CT molecular complexity index is 1130. The first-order valence-corrected chi connectivity index (χ1v) is 10.7. The molecule has 1 saturated heterocycles. The summed E-state index contributed by atoms with van der Waals surface area (Å²) in [5, 5.41) is 4.77. The summed E-state index contributed by atoms with van der Waals surface area (Å²) >= 11 is 0. The molecule has 0 radical (unpaired) electrons. The molecule has 0 bridgehead atoms. The smallest absolute Gasteiger partial charge is 0.257 e. The van der Waals surface area contributed by atoms with Crippen LogP contribution in [0.1, 0.15) is 32.1 Å². The Morgan fingerprint density at radius 1 is 1.20 bits per heavy atom. The second-order valence-electron chi connectivity index (χ2n) is 8.34. The Balaban J connectivity index is 1.38. The number of amides is 1. The molecule has 0 spiro atoms. The van der Waals surface area contributed by atoms with E-state index >= 15 is 0 Å². The number of fused-ring (bicyclic) bond motifs is 1. The number of carbonyl (C=O) groups is 1. The van der Waals surface area contributed by atoms with Crippen molar-refractivity contribution in [1.29, 1.82) is 0 Å². The number of aromatic amines is 1. The van der Waals surface area contributed by atoms with Gasteiger partial charge in [-0.15, -0.1) is 5.10 Å². The number of hydrogen-bond acceptors (Lipinski definition) is 5. The fourth-order valence-corrected chi connectivity index (χ4v) is 4.75. The van der Waals surface area contributed by atoms with Crippen LogP contribution in [-0.2, 0) is 4.79 Å². The number of H-pyrrole nitrogens is 1. The normalized spacial score (nSPS) is 19.6. The Kier molecular flexibility index (Phi) is 4.77. The number of anilines is 1. The minimum Gasteiger partial charge on any atom is -0.353 e. The predicted octanol–water partition coefficient (Wildman–Crippen LogP) is 2.31. The Morgan fingerprint density at radius 2 is 2.03 bits per heavy atom. The molecule has 3 aromatic heterocycles. The number of nitrogens with one attached hydrogen (secondary N) is 1. The standard InChI is InChI=1S/C22H26N6O2/c1-26(22(30)15-5-2-3-6-15)16-10-12-27(14-16)20-9-8-19-24-13-18(28(19)25-20)17-7-4-11-23-21(17)29/h4,7-9,11,13,15-16H,2-3,5-6,10,12,14H2,1H3,(H,23,29)/t16-/m0/s1. The van der Waals surface area contributed by atoms with Gasteiger partial charge in [-0.1, -0.05) is 12.8 Å². The summed E-state index contributed by atoms with van der Waals surface area (Å²) in [6.45, 7) is 1.62. The summed E-state index contributed by atoms with van der Waals surface area (Å²) in [6, 6.07) is 7.65. The van der Waals surface area contributed by atoms with Crippen molar-refractivity contribution in [2.24, 2.45) is 5.92 Å². The zero-order valence-corrected chi connectivity index (χ0v) is 17.1. The quantitative estimate of drug-likeness (QED) is 0.719. The molecule has 3 aromatic rings. The predicted molar refractivity (Wildman–Crippen MR) is 114 cm³/mol. The summed E-state index contributed by atoms with van der Waals surface area (Å²) in [4.78, 5) is 36.3. The molecule has 1 N–H and O–H groups in total. The van der Waals surface area contributed by atoms with Gasteiger partial charge in [-0.2, -0.15) is 0 Å². The molecule has 4 heterocycles. The third-order valence-electron chi connectivity index (χ3n) is 6.53. The van der Waals surface area contributed by atoms with Crippen LogP contribution in [0.15, 0.2) is 41.5 Å². The molecule has 2 aliphatic rings. The van der Waals surface area contributed by atoms with Crippen LogP contribution in [-0.4, -0.2) is 56.6 Å². The molecule has 0 aromatic carbocycles. The molecule has 0 unspecified atom stereocenters. The van der Waals surface area contributed by atoms with Crippen molar-refractivity contribution >= 4 is 17.4 Å². The van der Waals surface area contributed by atoms with Crippen molar-refractivity contribution in [3.8, 4) is 11.3 Å². The number of aromatic nitrogens is 4. The van der Waals surface area contributed by atoms with Crippen LogP contribution in [0.2, 0.25) is 0 Å². The molecule has 1 aliphatic carbocycles. The first kappa shape index (κ1) is 18.8. The molecule has 8 nitrogen and oxygen atoms in total. The third kappa shape index (κ3) is 3.26. The Labute approximate surface area is 174 Å². The molecule has 2 fully saturated rings. The summed E-state index contributed by atoms with van der Waals surface area (Å²) in [5.74, 6) is 1.33. The Morgan fingerprint density at radius 3 is 2.83 bits per heavy atom. The molecule has 1 atom stereocenters. The molecule has 8 heteroatoms. The van der Waals surface area contributed by atoms with Crippen molar-refractivity contribution in [2.45, 2.75) is 38.1 Å². The van der Waals surface area contributed by atoms with E-state index in [1.54, 1.807) is 29.0 Å². The van der Waals surface area contributed by atoms with Crippen LogP contribution in [0, 0.1) is 5.92 Å². The monoisotopic (exact) mass is 406 g/mol. The minimum absolute atomic E-state index is 0.167. The van der Waals surface area contributed by atoms with Gasteiger partial charge in [0, 0.05) is 32.3 Å². The summed E-state index contributed by atoms with van der Waals surface area (Å²) in [5.41, 5.74) is 1.73. The largest absolute Gasteiger partial charge is 0.353 e. The van der Waals surface area contributed by atoms with Gasteiger partial charge in [0.1, 0.15) is 5.82 Å². The van der Waals surface area contributed by atoms with E-state index in [9.17, 15) is 9.59 Å². The second kappa shape index (κ2) is 7.59. The number of likely N-dealkylation sites (N-methyl/N-ethyl adjacent to an activating group) is 1. The van der Waals surface area contributed by atoms with Crippen LogP contribution in [0.4, 0.5) is 5.82 Å². The molecule has 5 rings (SSSR count). The Hall–Kier alpha value is -3.16. The maximum Gasteiger partial charge on any atom is 0.257 e. The molecular weight excluding hydrogens is 380 g/mol. The van der Waals surface area contributed by atoms with E-state index in [4.69, 9.17) is 5.10 Å². The maximum atomic E-state index is 12.8. The lowest BCUT2D eigenvalue weighted by atomic mass is 10.1. The zero-order chi connectivity index (χ0) is 20.7. The lowest BCUT2D eigenvalue weighted by Crippen LogP contribution is -2.41. The number of hydrogen-bond donors (Lipinski definition) is 1. The van der Waals surface area contributed by atoms with E-state index in [1.165, 1.54) is 12.8 Å². The summed E-state index contributed by atoms with van der Waals surface area (Å²) < 4.78 is 1.72. The molecule has 156 valence electrons. The van der Waals surface area contributed by atoms with Gasteiger partial charge in [-0.05, 0) is 43.5 Å². The molecule has 1 amide bonds. The van der Waals surface area contributed by atoms with E-state index in [-0.39, 0.29) is 17.5 Å². The number of rotatable bonds is 4. The fourth-order valence-electron chi connectivity index (χ4n) is 4.75. The van der Waals surface area contributed by atoms with Crippen molar-refractivity contribution in [3.05, 3.63) is 47.0 Å². The molecule has 30 heavy (non-hydrogen) atoms. The topological polar surface area (TPSA) is 86.6 Å². The van der Waals surface area contributed by atoms with Crippen LogP contribution in [0.25, 0.3) is 16.9 Å². The highest BCUT2D eigenvalue weighted by atomic mass is 16.2. The van der Waals surface area contributed by atoms with Gasteiger partial charge in [0.25, 0.3) is 5.56 Å². The number of carbonyl (C=O) groups excluding carboxylic acids is 1. The summed E-state index contributed by atoms with van der Waals surface area (Å²) in [6.07, 6.45) is 8.62. The lowest BCUT2D eigenvalue weighted by molar-refractivity contribution is -0.135. The highest BCUT2D eigenvalue weighted by molar-refractivity contribution is 5.79. The number of nitrogens with zero attached hydrogens (tertiary/aromatic N) is 5. The van der Waals surface area contributed by atoms with Gasteiger partial charge < -0.3 is 14.8 Å². The van der Waals surface area contributed by atoms with E-state index in [2.05, 4.69) is 14.9 Å². The van der Waals surface area contributed by atoms with Gasteiger partial charge in [-0.3, -0.25) is 9.59 Å². The first-order chi connectivity index (χ1) is 14.6. The molecular formula is C22H26N6O2. The van der Waals surface area contributed by atoms with Crippen LogP contribution in [0.3, 0.4) is 0 Å². The SMILES string of the molecule is CN(C(=O)C1CCCC1)[C@H]1CCN(c2ccc3ncc(-c4ccc[nH]c4=O)n3n2)C1. The van der Waals surface area contributed by atoms with Gasteiger partial charge in [0.05, 0.1) is 23.5 Å². The van der Waals surface area contributed by atoms with Gasteiger partial charge in [-0.25, -0.2) is 9.50 Å². The van der Waals surface area contributed by atoms with E-state index in [0.717, 1.165) is 38.2 Å². The fraction of sp³-hybridized carbons (Fsp3) is 0.455. The van der Waals surface area contributed by atoms with Crippen molar-refractivity contribution < 1.29 is 4.79 Å². The van der Waals surface area contributed by atoms with E-state index in [1.807, 2.05) is 24.1 Å². The van der Waals surface area contributed by atoms with E-state index < -0.39 is 0 Å². The van der Waals surface area contributed by atoms with Gasteiger partial charge in [0.2, 0.25) is 5.91 Å². The maximum absolute atomic E-state index is 12.8. The van der Waals surface area contributed by atoms with Crippen LogP contribution in [0.5, 0.6) is 0 Å². The van der Waals surface area contributed by atoms with Crippen molar-refractivity contribution in [1.82, 2.24) is 24.5 Å². The van der Waals surface area contributed by atoms with Crippen molar-refractivity contribution in [2.75, 3.05) is 25.0 Å².